The largest absolute Gasteiger partial charge is 0.462 e. The van der Waals surface area contributed by atoms with Crippen LogP contribution in [0.3, 0.4) is 0 Å². The Labute approximate surface area is 367 Å². The monoisotopic (exact) mass is 876 g/mol. The molecule has 58 heavy (non-hydrogen) atoms. The van der Waals surface area contributed by atoms with Crippen LogP contribution < -0.4 is 0 Å². The van der Waals surface area contributed by atoms with E-state index in [0.29, 0.717) is 12.4 Å². The topological polar surface area (TPSA) is 91.4 Å². The Balaban J connectivity index is 5.36. The number of rotatable bonds is 40. The summed E-state index contributed by atoms with van der Waals surface area (Å²) in [6.07, 6.45) is 26.6. The summed E-state index contributed by atoms with van der Waals surface area (Å²) in [5.41, 5.74) is 0. The first-order valence-corrected chi connectivity index (χ1v) is 29.4. The van der Waals surface area contributed by atoms with Crippen LogP contribution in [0.1, 0.15) is 215 Å². The Morgan fingerprint density at radius 1 is 0.534 bits per heavy atom. The predicted molar refractivity (Wildman–Crippen MR) is 253 cm³/mol. The van der Waals surface area contributed by atoms with Crippen molar-refractivity contribution in [3.05, 3.63) is 0 Å². The Bertz CT molecular complexity index is 947. The van der Waals surface area contributed by atoms with Gasteiger partial charge in [0.2, 0.25) is 0 Å². The third-order valence-electron chi connectivity index (χ3n) is 11.5. The average molecular weight is 876 g/mol. The lowest BCUT2D eigenvalue weighted by Crippen LogP contribution is -2.41. The van der Waals surface area contributed by atoms with Crippen molar-refractivity contribution in [2.75, 3.05) is 37.8 Å². The fourth-order valence-corrected chi connectivity index (χ4v) is 9.43. The van der Waals surface area contributed by atoms with Gasteiger partial charge >= 0.3 is 18.0 Å². The van der Waals surface area contributed by atoms with Gasteiger partial charge in [0.15, 0.2) is 8.32 Å². The number of ether oxygens (including phenoxy) is 3. The second-order valence-electron chi connectivity index (χ2n) is 17.9. The molecule has 0 saturated heterocycles. The summed E-state index contributed by atoms with van der Waals surface area (Å²) < 4.78 is 24.1. The van der Waals surface area contributed by atoms with E-state index in [4.69, 9.17) is 18.6 Å². The summed E-state index contributed by atoms with van der Waals surface area (Å²) >= 11 is 0. The van der Waals surface area contributed by atoms with E-state index in [-0.39, 0.29) is 61.7 Å². The quantitative estimate of drug-likeness (QED) is 0.0196. The van der Waals surface area contributed by atoms with Crippen molar-refractivity contribution in [3.8, 4) is 0 Å². The minimum atomic E-state index is -1.77. The molecule has 0 aromatic rings. The lowest BCUT2D eigenvalue weighted by Gasteiger charge is -2.36. The van der Waals surface area contributed by atoms with E-state index in [2.05, 4.69) is 61.6 Å². The second-order valence-corrected chi connectivity index (χ2v) is 25.4. The molecule has 0 fully saturated rings. The number of esters is 2. The molecule has 0 N–H and O–H groups in total. The molecule has 344 valence electrons. The summed E-state index contributed by atoms with van der Waals surface area (Å²) in [4.78, 5) is 41.4. The Morgan fingerprint density at radius 2 is 0.879 bits per heavy atom. The maximum Gasteiger partial charge on any atom is 0.409 e. The third-order valence-corrected chi connectivity index (χ3v) is 18.3. The normalized spacial score (nSPS) is 13.0. The molecule has 0 aliphatic carbocycles. The fourth-order valence-electron chi connectivity index (χ4n) is 6.58. The van der Waals surface area contributed by atoms with E-state index >= 15 is 0 Å². The zero-order valence-corrected chi connectivity index (χ0v) is 42.0. The van der Waals surface area contributed by atoms with Crippen LogP contribution in [0, 0.1) is 0 Å². The number of carbonyl (C=O) groups is 3. The summed E-state index contributed by atoms with van der Waals surface area (Å²) in [6, 6.07) is 0. The standard InChI is InChI=1S/C47H93NO7S2Si/c1-10-14-18-22-24-28-32-42(30-26-20-16-12-3)54-44(49)34-36-48(46(51)52-38-40-56-57-41-39-53-58(8,9)47(5,6)7)37-35-45(50)55-43(31-27-21-17-13-4)33-29-25-23-19-15-11-2/h42-43H,10-41H2,1-9H3. The molecule has 0 radical (unpaired) electrons. The van der Waals surface area contributed by atoms with Crippen molar-refractivity contribution in [2.24, 2.45) is 0 Å². The van der Waals surface area contributed by atoms with Gasteiger partial charge in [-0.15, -0.1) is 0 Å². The maximum atomic E-state index is 13.4. The third kappa shape index (κ3) is 32.8. The first-order valence-electron chi connectivity index (χ1n) is 24.0. The van der Waals surface area contributed by atoms with Gasteiger partial charge in [-0.3, -0.25) is 9.59 Å². The van der Waals surface area contributed by atoms with Crippen LogP contribution in [0.4, 0.5) is 4.79 Å². The number of hydrogen-bond donors (Lipinski definition) is 0. The number of nitrogens with zero attached hydrogens (tertiary/aromatic N) is 1. The molecular formula is C47H93NO7S2Si. The van der Waals surface area contributed by atoms with E-state index in [0.717, 1.165) is 70.0 Å². The van der Waals surface area contributed by atoms with Crippen LogP contribution in [0.15, 0.2) is 0 Å². The van der Waals surface area contributed by atoms with Gasteiger partial charge in [0.25, 0.3) is 0 Å². The number of hydrogen-bond acceptors (Lipinski definition) is 9. The minimum Gasteiger partial charge on any atom is -0.462 e. The van der Waals surface area contributed by atoms with Crippen molar-refractivity contribution in [3.63, 3.8) is 0 Å². The molecule has 0 spiro atoms. The lowest BCUT2D eigenvalue weighted by molar-refractivity contribution is -0.150. The van der Waals surface area contributed by atoms with Crippen molar-refractivity contribution < 1.29 is 33.0 Å². The van der Waals surface area contributed by atoms with Gasteiger partial charge in [0.05, 0.1) is 12.8 Å². The van der Waals surface area contributed by atoms with Gasteiger partial charge in [-0.2, -0.15) is 0 Å². The zero-order valence-electron chi connectivity index (χ0n) is 39.4. The van der Waals surface area contributed by atoms with Crippen molar-refractivity contribution in [2.45, 2.75) is 246 Å². The Hall–Kier alpha value is -0.913. The lowest BCUT2D eigenvalue weighted by atomic mass is 10.0. The molecule has 0 bridgehead atoms. The molecule has 2 unspecified atom stereocenters. The fraction of sp³-hybridized carbons (Fsp3) is 0.936. The first-order chi connectivity index (χ1) is 27.8. The SMILES string of the molecule is CCCCCCCCC(CCCCCC)OC(=O)CCN(CCC(=O)OC(CCCCCC)CCCCCCCC)C(=O)OCCSSCCO[Si](C)(C)C(C)(C)C. The molecule has 0 aromatic carbocycles. The molecule has 11 heteroatoms. The highest BCUT2D eigenvalue weighted by Crippen LogP contribution is 2.36. The summed E-state index contributed by atoms with van der Waals surface area (Å²) in [5.74, 6) is 0.943. The highest BCUT2D eigenvalue weighted by molar-refractivity contribution is 8.76. The maximum absolute atomic E-state index is 13.4. The predicted octanol–water partition coefficient (Wildman–Crippen LogP) is 14.9. The van der Waals surface area contributed by atoms with Crippen LogP contribution >= 0.6 is 21.6 Å². The number of unbranched alkanes of at least 4 members (excludes halogenated alkanes) is 16. The molecule has 0 heterocycles. The van der Waals surface area contributed by atoms with Crippen molar-refractivity contribution >= 4 is 47.9 Å². The average Bonchev–Trinajstić information content (AvgIpc) is 3.17. The highest BCUT2D eigenvalue weighted by Gasteiger charge is 2.36. The molecule has 0 aliphatic rings. The number of amides is 1. The molecule has 2 atom stereocenters. The van der Waals surface area contributed by atoms with Crippen LogP contribution in [-0.2, 0) is 28.2 Å². The summed E-state index contributed by atoms with van der Waals surface area (Å²) in [7, 11) is 1.63. The summed E-state index contributed by atoms with van der Waals surface area (Å²) in [6.45, 7) is 21.4. The van der Waals surface area contributed by atoms with Crippen LogP contribution in [-0.4, -0.2) is 81.3 Å². The smallest absolute Gasteiger partial charge is 0.409 e. The zero-order chi connectivity index (χ0) is 43.3. The van der Waals surface area contributed by atoms with Gasteiger partial charge < -0.3 is 23.5 Å². The van der Waals surface area contributed by atoms with E-state index in [1.54, 1.807) is 21.6 Å². The second kappa shape index (κ2) is 37.8. The van der Waals surface area contributed by atoms with Crippen LogP contribution in [0.5, 0.6) is 0 Å². The minimum absolute atomic E-state index is 0.0724. The van der Waals surface area contributed by atoms with Crippen LogP contribution in [0.25, 0.3) is 0 Å². The summed E-state index contributed by atoms with van der Waals surface area (Å²) in [5, 5.41) is 0.186. The van der Waals surface area contributed by atoms with Gasteiger partial charge in [-0.1, -0.05) is 173 Å². The molecular weight excluding hydrogens is 783 g/mol. The van der Waals surface area contributed by atoms with Crippen molar-refractivity contribution in [1.29, 1.82) is 0 Å². The number of carbonyl (C=O) groups excluding carboxylic acids is 3. The molecule has 0 aromatic heterocycles. The van der Waals surface area contributed by atoms with Crippen molar-refractivity contribution in [1.82, 2.24) is 4.90 Å². The molecule has 0 rings (SSSR count). The molecule has 0 aliphatic heterocycles. The van der Waals surface area contributed by atoms with Gasteiger partial charge in [-0.25, -0.2) is 4.79 Å². The highest BCUT2D eigenvalue weighted by atomic mass is 33.1. The molecule has 0 saturated carbocycles. The molecule has 8 nitrogen and oxygen atoms in total. The van der Waals surface area contributed by atoms with E-state index < -0.39 is 14.4 Å². The van der Waals surface area contributed by atoms with Gasteiger partial charge in [0, 0.05) is 31.2 Å². The van der Waals surface area contributed by atoms with Gasteiger partial charge in [-0.05, 0) is 69.5 Å². The van der Waals surface area contributed by atoms with E-state index in [9.17, 15) is 14.4 Å². The van der Waals surface area contributed by atoms with Gasteiger partial charge in [0.1, 0.15) is 18.8 Å². The molecule has 1 amide bonds. The van der Waals surface area contributed by atoms with Crippen LogP contribution in [0.2, 0.25) is 18.1 Å². The van der Waals surface area contributed by atoms with E-state index in [1.807, 2.05) is 0 Å². The van der Waals surface area contributed by atoms with E-state index in [1.165, 1.54) is 94.8 Å². The first kappa shape index (κ1) is 57.1. The Morgan fingerprint density at radius 3 is 1.26 bits per heavy atom. The Kier molecular flexibility index (Phi) is 37.2.